The zero-order valence-electron chi connectivity index (χ0n) is 44.2. The molecule has 0 bridgehead atoms. The molecule has 76 heavy (non-hydrogen) atoms. The number of ether oxygens (including phenoxy) is 4. The number of rotatable bonds is 48. The minimum atomic E-state index is -0.862. The van der Waals surface area contributed by atoms with Crippen LogP contribution in [0.3, 0.4) is 0 Å². The molecule has 8 amide bonds. The van der Waals surface area contributed by atoms with Gasteiger partial charge in [-0.2, -0.15) is 0 Å². The van der Waals surface area contributed by atoms with Crippen LogP contribution in [0.15, 0.2) is 18.2 Å². The molecule has 0 saturated heterocycles. The Hall–Kier alpha value is -5.39. The lowest BCUT2D eigenvalue weighted by atomic mass is 10.1. The lowest BCUT2D eigenvalue weighted by molar-refractivity contribution is -0.129. The normalized spacial score (nSPS) is 12.1. The maximum Gasteiger partial charge on any atom is 0.246 e. The van der Waals surface area contributed by atoms with Crippen LogP contribution in [0.25, 0.3) is 0 Å². The first-order chi connectivity index (χ1) is 36.4. The Balaban J connectivity index is 2.24. The van der Waals surface area contributed by atoms with Crippen molar-refractivity contribution in [2.75, 3.05) is 98.7 Å². The molecule has 1 aromatic carbocycles. The number of phenols is 1. The van der Waals surface area contributed by atoms with Crippen molar-refractivity contribution < 1.29 is 72.0 Å². The lowest BCUT2D eigenvalue weighted by Gasteiger charge is -2.19. The van der Waals surface area contributed by atoms with E-state index in [1.165, 1.54) is 13.8 Å². The Kier molecular flexibility index (Phi) is 39.4. The second-order valence-corrected chi connectivity index (χ2v) is 19.0. The van der Waals surface area contributed by atoms with Crippen molar-refractivity contribution in [1.29, 1.82) is 0 Å². The number of phenolic OH excluding ortho intramolecular Hbond substituents is 1. The highest BCUT2D eigenvalue weighted by Crippen LogP contribution is 2.21. The number of carbonyl (C=O) groups is 10. The van der Waals surface area contributed by atoms with E-state index in [1.807, 2.05) is 28.7 Å². The minimum Gasteiger partial charge on any atom is -0.507 e. The molecular formula is C50H83IN10O15. The molecule has 13 N–H and O–H groups in total. The number of unbranched alkanes of at least 4 members (excludes halogenated alkanes) is 3. The number of hydrogen-bond donors (Lipinski definition) is 11. The molecule has 0 aromatic heterocycles. The molecule has 0 aliphatic rings. The maximum atomic E-state index is 13.2. The van der Waals surface area contributed by atoms with Gasteiger partial charge in [-0.05, 0) is 125 Å². The number of hydrogen-bond acceptors (Lipinski definition) is 17. The molecule has 26 heteroatoms. The maximum absolute atomic E-state index is 13.2. The summed E-state index contributed by atoms with van der Waals surface area (Å²) in [5, 5.41) is 31.9. The van der Waals surface area contributed by atoms with E-state index in [-0.39, 0.29) is 152 Å². The highest BCUT2D eigenvalue weighted by molar-refractivity contribution is 14.1. The summed E-state index contributed by atoms with van der Waals surface area (Å²) in [5.74, 6) is -3.00. The van der Waals surface area contributed by atoms with Crippen molar-refractivity contribution in [3.05, 3.63) is 27.3 Å². The summed E-state index contributed by atoms with van der Waals surface area (Å²) in [7, 11) is 0. The Bertz CT molecular complexity index is 1950. The van der Waals surface area contributed by atoms with Crippen LogP contribution >= 0.6 is 22.6 Å². The van der Waals surface area contributed by atoms with Gasteiger partial charge in [-0.15, -0.1) is 0 Å². The van der Waals surface area contributed by atoms with Crippen molar-refractivity contribution in [2.45, 2.75) is 122 Å². The molecule has 0 saturated carbocycles. The fraction of sp³-hybridized carbons (Fsp3) is 0.680. The molecule has 0 aliphatic carbocycles. The predicted octanol–water partition coefficient (Wildman–Crippen LogP) is -1.19. The number of aromatic hydroxyl groups is 1. The van der Waals surface area contributed by atoms with Gasteiger partial charge in [0.15, 0.2) is 0 Å². The van der Waals surface area contributed by atoms with E-state index in [4.69, 9.17) is 30.4 Å². The van der Waals surface area contributed by atoms with Crippen LogP contribution in [0.1, 0.15) is 103 Å². The van der Waals surface area contributed by atoms with Crippen LogP contribution in [-0.2, 0) is 73.3 Å². The zero-order valence-corrected chi connectivity index (χ0v) is 46.3. The number of nitrogens with one attached hydrogen (secondary N) is 8. The second-order valence-electron chi connectivity index (χ2n) is 17.8. The average molecular weight is 1190 g/mol. The third-order valence-corrected chi connectivity index (χ3v) is 11.9. The molecule has 0 radical (unpaired) electrons. The summed E-state index contributed by atoms with van der Waals surface area (Å²) in [6.45, 7) is 5.20. The molecule has 0 heterocycles. The molecule has 0 spiro atoms. The summed E-state index contributed by atoms with van der Waals surface area (Å²) in [6.07, 6.45) is 5.57. The van der Waals surface area contributed by atoms with E-state index < -0.39 is 41.8 Å². The van der Waals surface area contributed by atoms with Gasteiger partial charge in [-0.25, -0.2) is 0 Å². The second kappa shape index (κ2) is 43.7. The fourth-order valence-electron chi connectivity index (χ4n) is 6.92. The molecule has 25 nitrogen and oxygen atoms in total. The van der Waals surface area contributed by atoms with Gasteiger partial charge in [0.2, 0.25) is 47.3 Å². The number of primary amides is 2. The molecule has 430 valence electrons. The smallest absolute Gasteiger partial charge is 0.246 e. The summed E-state index contributed by atoms with van der Waals surface area (Å²) >= 11 is 2.03. The van der Waals surface area contributed by atoms with Gasteiger partial charge in [0.25, 0.3) is 0 Å². The summed E-state index contributed by atoms with van der Waals surface area (Å²) < 4.78 is 22.1. The molecule has 0 fully saturated rings. The van der Waals surface area contributed by atoms with Gasteiger partial charge in [-0.1, -0.05) is 6.07 Å². The summed E-state index contributed by atoms with van der Waals surface area (Å²) in [5.41, 5.74) is 11.7. The van der Waals surface area contributed by atoms with Crippen LogP contribution < -0.4 is 54.0 Å². The van der Waals surface area contributed by atoms with Crippen molar-refractivity contribution in [2.24, 2.45) is 11.5 Å². The average Bonchev–Trinajstić information content (AvgIpc) is 3.36. The van der Waals surface area contributed by atoms with Crippen LogP contribution in [0, 0.1) is 3.57 Å². The fourth-order valence-corrected chi connectivity index (χ4v) is 7.50. The molecule has 1 aromatic rings. The van der Waals surface area contributed by atoms with Crippen LogP contribution in [0.5, 0.6) is 5.75 Å². The van der Waals surface area contributed by atoms with E-state index in [1.54, 1.807) is 12.1 Å². The number of amides is 8. The van der Waals surface area contributed by atoms with E-state index in [0.717, 1.165) is 5.56 Å². The topological polar surface area (TPSA) is 376 Å². The number of nitrogens with two attached hydrogens (primary N) is 2. The van der Waals surface area contributed by atoms with E-state index in [0.29, 0.717) is 80.9 Å². The van der Waals surface area contributed by atoms with Crippen LogP contribution in [0.2, 0.25) is 0 Å². The number of aryl methyl sites for hydroxylation is 1. The molecule has 3 atom stereocenters. The Labute approximate surface area is 459 Å². The first-order valence-corrected chi connectivity index (χ1v) is 26.9. The van der Waals surface area contributed by atoms with Gasteiger partial charge < -0.3 is 67.4 Å². The highest BCUT2D eigenvalue weighted by atomic mass is 125. The molecule has 0 aliphatic heterocycles. The zero-order chi connectivity index (χ0) is 56.4. The third-order valence-electron chi connectivity index (χ3n) is 11.0. The quantitative estimate of drug-likeness (QED) is 0.0270. The van der Waals surface area contributed by atoms with Gasteiger partial charge in [-0.3, -0.25) is 58.6 Å². The number of carbonyl (C=O) groups excluding carboxylic acids is 10. The Morgan fingerprint density at radius 2 is 0.947 bits per heavy atom. The number of halogens is 1. The predicted molar refractivity (Wildman–Crippen MR) is 288 cm³/mol. The first kappa shape index (κ1) is 68.6. The van der Waals surface area contributed by atoms with Crippen molar-refractivity contribution in [3.63, 3.8) is 0 Å². The van der Waals surface area contributed by atoms with Crippen LogP contribution in [0.4, 0.5) is 0 Å². The van der Waals surface area contributed by atoms with E-state index in [9.17, 15) is 53.1 Å². The Morgan fingerprint density at radius 1 is 0.513 bits per heavy atom. The molecular weight excluding hydrogens is 1110 g/mol. The van der Waals surface area contributed by atoms with E-state index >= 15 is 0 Å². The summed E-state index contributed by atoms with van der Waals surface area (Å²) in [4.78, 5) is 121. The monoisotopic (exact) mass is 1190 g/mol. The number of benzene rings is 1. The van der Waals surface area contributed by atoms with Crippen molar-refractivity contribution in [1.82, 2.24) is 42.5 Å². The SMILES string of the molecule is CC(=O)CN[C@@H](CCCCNC(=O)COCCOCCNC(=O)COCCOCCNC(=O)CCCC(=O)N[C@@H](CCCCNC(=O)CCc1ccc(O)c([125I])c1)C(=O)NCCCC[C@H](NCC(C)=O)C(N)=O)C(N)=O. The van der Waals surface area contributed by atoms with Gasteiger partial charge >= 0.3 is 0 Å². The first-order valence-electron chi connectivity index (χ1n) is 25.8. The van der Waals surface area contributed by atoms with Gasteiger partial charge in [0.05, 0.1) is 68.4 Å². The third kappa shape index (κ3) is 38.2. The van der Waals surface area contributed by atoms with Gasteiger partial charge in [0.1, 0.15) is 36.6 Å². The summed E-state index contributed by atoms with van der Waals surface area (Å²) in [6, 6.07) is 3.05. The molecule has 1 rings (SSSR count). The Morgan fingerprint density at radius 3 is 1.45 bits per heavy atom. The van der Waals surface area contributed by atoms with Crippen molar-refractivity contribution in [3.8, 4) is 5.75 Å². The highest BCUT2D eigenvalue weighted by Gasteiger charge is 2.21. The molecule has 0 unspecified atom stereocenters. The van der Waals surface area contributed by atoms with Crippen LogP contribution in [-0.4, -0.2) is 181 Å². The lowest BCUT2D eigenvalue weighted by Crippen LogP contribution is -2.47. The van der Waals surface area contributed by atoms with Gasteiger partial charge in [0, 0.05) is 52.0 Å². The van der Waals surface area contributed by atoms with Crippen molar-refractivity contribution >= 4 is 81.4 Å². The standard InChI is InChI=1S/C50H83IN10O15/c1-35(62)31-59-39(48(52)70)10-3-6-20-55-46(68)33-75-28-27-74-25-23-57-47(69)34-76-29-26-73-24-22-56-43(65)13-9-14-45(67)61-41(50(72)58-21-8-4-11-40(49(53)71)60-32-36(2)63)12-5-7-19-54-44(66)18-16-37-15-17-42(64)38(51)30-37/h15,17,30,39-41,59-60,64H,3-14,16,18-29,31-34H2,1-2H3,(H2,52,70)(H2,53,71)(H,54,66)(H,55,68)(H,56,65)(H,57,69)(H,58,72)(H,61,67)/t39-,40-,41-/m0/s1/i51-2. The van der Waals surface area contributed by atoms with E-state index in [2.05, 4.69) is 42.5 Å². The largest absolute Gasteiger partial charge is 0.507 e. The minimum absolute atomic E-state index is 0.00243. The number of Topliss-reactive ketones (excluding diaryl/α,β-unsaturated/α-hetero) is 2. The number of ketones is 2.